The molecule has 0 bridgehead atoms. The number of hydrogen-bond donors (Lipinski definition) is 1. The summed E-state index contributed by atoms with van der Waals surface area (Å²) in [5, 5.41) is 7.68. The van der Waals surface area contributed by atoms with E-state index in [9.17, 15) is 4.79 Å². The van der Waals surface area contributed by atoms with Gasteiger partial charge in [0.1, 0.15) is 11.6 Å². The van der Waals surface area contributed by atoms with Crippen molar-refractivity contribution < 1.29 is 9.53 Å². The van der Waals surface area contributed by atoms with Crippen LogP contribution < -0.4 is 10.1 Å². The number of benzene rings is 1. The molecule has 0 saturated carbocycles. The third kappa shape index (κ3) is 3.80. The first-order chi connectivity index (χ1) is 10.4. The molecule has 0 aliphatic carbocycles. The van der Waals surface area contributed by atoms with Gasteiger partial charge in [-0.2, -0.15) is 5.10 Å². The summed E-state index contributed by atoms with van der Waals surface area (Å²) in [4.78, 5) is 12.2. The number of anilines is 1. The van der Waals surface area contributed by atoms with E-state index in [1.54, 1.807) is 36.0 Å². The molecule has 1 heterocycles. The number of ether oxygens (including phenoxy) is 1. The molecule has 22 heavy (non-hydrogen) atoms. The molecular formula is C16H20ClN3O2. The molecule has 0 spiro atoms. The molecule has 1 aromatic carbocycles. The highest BCUT2D eigenvalue weighted by Gasteiger charge is 2.17. The average Bonchev–Trinajstić information content (AvgIpc) is 2.91. The van der Waals surface area contributed by atoms with Crippen molar-refractivity contribution in [3.63, 3.8) is 0 Å². The van der Waals surface area contributed by atoms with Crippen LogP contribution in [-0.2, 0) is 4.79 Å². The predicted molar refractivity (Wildman–Crippen MR) is 87.5 cm³/mol. The second-order valence-electron chi connectivity index (χ2n) is 5.42. The molecule has 0 aliphatic rings. The van der Waals surface area contributed by atoms with Gasteiger partial charge in [-0.25, -0.2) is 4.68 Å². The standard InChI is InChI=1S/C16H20ClN3O2/c1-10(2)20-15(7-8-18-20)19-16(21)12(4)22-13-5-6-14(17)11(3)9-13/h5-10,12H,1-4H3,(H,19,21). The van der Waals surface area contributed by atoms with Crippen LogP contribution in [-0.4, -0.2) is 21.8 Å². The van der Waals surface area contributed by atoms with Crippen LogP contribution in [0.25, 0.3) is 0 Å². The van der Waals surface area contributed by atoms with Crippen molar-refractivity contribution in [3.05, 3.63) is 41.0 Å². The lowest BCUT2D eigenvalue weighted by Gasteiger charge is -2.17. The molecule has 118 valence electrons. The second kappa shape index (κ2) is 6.83. The molecule has 6 heteroatoms. The van der Waals surface area contributed by atoms with Crippen molar-refractivity contribution >= 4 is 23.3 Å². The summed E-state index contributed by atoms with van der Waals surface area (Å²) in [5.74, 6) is 1.04. The molecule has 2 aromatic rings. The van der Waals surface area contributed by atoms with E-state index in [1.165, 1.54) is 0 Å². The van der Waals surface area contributed by atoms with Crippen molar-refractivity contribution in [1.82, 2.24) is 9.78 Å². The number of carbonyl (C=O) groups excluding carboxylic acids is 1. The summed E-state index contributed by atoms with van der Waals surface area (Å²) in [5.41, 5.74) is 0.907. The fourth-order valence-corrected chi connectivity index (χ4v) is 2.12. The Morgan fingerprint density at radius 2 is 2.05 bits per heavy atom. The molecule has 1 unspecified atom stereocenters. The lowest BCUT2D eigenvalue weighted by molar-refractivity contribution is -0.122. The Balaban J connectivity index is 2.02. The number of carbonyl (C=O) groups is 1. The van der Waals surface area contributed by atoms with E-state index < -0.39 is 6.10 Å². The van der Waals surface area contributed by atoms with Crippen LogP contribution in [0.2, 0.25) is 5.02 Å². The summed E-state index contributed by atoms with van der Waals surface area (Å²) in [6.07, 6.45) is 1.03. The first-order valence-corrected chi connectivity index (χ1v) is 7.53. The van der Waals surface area contributed by atoms with Crippen molar-refractivity contribution in [2.45, 2.75) is 39.8 Å². The normalized spacial score (nSPS) is 12.3. The molecule has 0 fully saturated rings. The first kappa shape index (κ1) is 16.4. The summed E-state index contributed by atoms with van der Waals surface area (Å²) in [6.45, 7) is 7.59. The quantitative estimate of drug-likeness (QED) is 0.910. The summed E-state index contributed by atoms with van der Waals surface area (Å²) in [6, 6.07) is 7.24. The average molecular weight is 322 g/mol. The zero-order valence-corrected chi connectivity index (χ0v) is 13.9. The minimum absolute atomic E-state index is 0.167. The van der Waals surface area contributed by atoms with Crippen LogP contribution >= 0.6 is 11.6 Å². The SMILES string of the molecule is Cc1cc(OC(C)C(=O)Nc2ccnn2C(C)C)ccc1Cl. The Labute approximate surface area is 135 Å². The molecule has 0 aliphatic heterocycles. The van der Waals surface area contributed by atoms with Crippen LogP contribution in [0.15, 0.2) is 30.5 Å². The highest BCUT2D eigenvalue weighted by Crippen LogP contribution is 2.22. The second-order valence-corrected chi connectivity index (χ2v) is 5.82. The van der Waals surface area contributed by atoms with Crippen LogP contribution in [0, 0.1) is 6.92 Å². The van der Waals surface area contributed by atoms with Crippen LogP contribution in [0.3, 0.4) is 0 Å². The van der Waals surface area contributed by atoms with Crippen molar-refractivity contribution in [2.75, 3.05) is 5.32 Å². The Morgan fingerprint density at radius 1 is 1.32 bits per heavy atom. The Hall–Kier alpha value is -2.01. The number of aryl methyl sites for hydroxylation is 1. The van der Waals surface area contributed by atoms with E-state index in [0.29, 0.717) is 16.6 Å². The Kier molecular flexibility index (Phi) is 5.08. The number of hydrogen-bond acceptors (Lipinski definition) is 3. The molecule has 1 atom stereocenters. The van der Waals surface area contributed by atoms with E-state index >= 15 is 0 Å². The van der Waals surface area contributed by atoms with Gasteiger partial charge in [0.15, 0.2) is 6.10 Å². The van der Waals surface area contributed by atoms with Crippen molar-refractivity contribution in [3.8, 4) is 5.75 Å². The van der Waals surface area contributed by atoms with Crippen molar-refractivity contribution in [2.24, 2.45) is 0 Å². The molecule has 1 amide bonds. The zero-order valence-electron chi connectivity index (χ0n) is 13.1. The van der Waals surface area contributed by atoms with Gasteiger partial charge in [-0.1, -0.05) is 11.6 Å². The van der Waals surface area contributed by atoms with Gasteiger partial charge in [0, 0.05) is 17.1 Å². The third-order valence-electron chi connectivity index (χ3n) is 3.22. The van der Waals surface area contributed by atoms with Crippen LogP contribution in [0.4, 0.5) is 5.82 Å². The van der Waals surface area contributed by atoms with Gasteiger partial charge in [0.2, 0.25) is 0 Å². The molecule has 1 aromatic heterocycles. The lowest BCUT2D eigenvalue weighted by atomic mass is 10.2. The van der Waals surface area contributed by atoms with Crippen LogP contribution in [0.5, 0.6) is 5.75 Å². The lowest BCUT2D eigenvalue weighted by Crippen LogP contribution is -2.31. The van der Waals surface area contributed by atoms with E-state index in [-0.39, 0.29) is 11.9 Å². The number of aromatic nitrogens is 2. The van der Waals surface area contributed by atoms with Gasteiger partial charge in [-0.15, -0.1) is 0 Å². The first-order valence-electron chi connectivity index (χ1n) is 7.15. The van der Waals surface area contributed by atoms with Crippen LogP contribution in [0.1, 0.15) is 32.4 Å². The summed E-state index contributed by atoms with van der Waals surface area (Å²) >= 11 is 5.98. The molecule has 0 saturated heterocycles. The molecular weight excluding hydrogens is 302 g/mol. The van der Waals surface area contributed by atoms with Gasteiger partial charge >= 0.3 is 0 Å². The summed E-state index contributed by atoms with van der Waals surface area (Å²) < 4.78 is 7.41. The zero-order chi connectivity index (χ0) is 16.3. The molecule has 5 nitrogen and oxygen atoms in total. The highest BCUT2D eigenvalue weighted by atomic mass is 35.5. The molecule has 1 N–H and O–H groups in total. The van der Waals surface area contributed by atoms with E-state index in [2.05, 4.69) is 10.4 Å². The number of nitrogens with one attached hydrogen (secondary N) is 1. The number of rotatable bonds is 5. The van der Waals surface area contributed by atoms with Gasteiger partial charge in [0.25, 0.3) is 5.91 Å². The smallest absolute Gasteiger partial charge is 0.266 e. The fraction of sp³-hybridized carbons (Fsp3) is 0.375. The predicted octanol–water partition coefficient (Wildman–Crippen LogP) is 3.83. The largest absolute Gasteiger partial charge is 0.481 e. The summed E-state index contributed by atoms with van der Waals surface area (Å²) in [7, 11) is 0. The van der Waals surface area contributed by atoms with E-state index in [0.717, 1.165) is 5.56 Å². The maximum Gasteiger partial charge on any atom is 0.266 e. The molecule has 0 radical (unpaired) electrons. The topological polar surface area (TPSA) is 56.1 Å². The molecule has 2 rings (SSSR count). The monoisotopic (exact) mass is 321 g/mol. The van der Waals surface area contributed by atoms with Gasteiger partial charge in [-0.3, -0.25) is 4.79 Å². The maximum absolute atomic E-state index is 12.2. The van der Waals surface area contributed by atoms with Gasteiger partial charge in [0.05, 0.1) is 6.20 Å². The number of halogens is 1. The van der Waals surface area contributed by atoms with Crippen molar-refractivity contribution in [1.29, 1.82) is 0 Å². The minimum atomic E-state index is -0.629. The van der Waals surface area contributed by atoms with E-state index in [1.807, 2.05) is 26.8 Å². The third-order valence-corrected chi connectivity index (χ3v) is 3.65. The van der Waals surface area contributed by atoms with E-state index in [4.69, 9.17) is 16.3 Å². The Bertz CT molecular complexity index is 667. The highest BCUT2D eigenvalue weighted by molar-refractivity contribution is 6.31. The van der Waals surface area contributed by atoms with Gasteiger partial charge in [-0.05, 0) is 51.5 Å². The fourth-order valence-electron chi connectivity index (χ4n) is 2.00. The number of nitrogens with zero attached hydrogens (tertiary/aromatic N) is 2. The maximum atomic E-state index is 12.2. The minimum Gasteiger partial charge on any atom is -0.481 e. The Morgan fingerprint density at radius 3 is 2.68 bits per heavy atom. The number of amides is 1. The van der Waals surface area contributed by atoms with Gasteiger partial charge < -0.3 is 10.1 Å².